The van der Waals surface area contributed by atoms with Crippen molar-refractivity contribution < 1.29 is 38.1 Å². The van der Waals surface area contributed by atoms with Crippen molar-refractivity contribution in [2.24, 2.45) is 0 Å². The first-order chi connectivity index (χ1) is 23.8. The minimum absolute atomic E-state index is 0.250. The van der Waals surface area contributed by atoms with Crippen LogP contribution in [0.15, 0.2) is 152 Å². The molecule has 6 aromatic rings. The van der Waals surface area contributed by atoms with Gasteiger partial charge in [0.1, 0.15) is 23.0 Å². The van der Waals surface area contributed by atoms with E-state index in [-0.39, 0.29) is 11.5 Å². The molecule has 238 valence electrons. The van der Waals surface area contributed by atoms with Gasteiger partial charge in [-0.1, -0.05) is 67.8 Å². The molecular weight excluding hydrogens is 620 g/mol. The Bertz CT molecular complexity index is 2330. The molecule has 0 bridgehead atoms. The smallest absolute Gasteiger partial charge is 0.343 e. The normalized spacial score (nSPS) is 10.4. The predicted molar refractivity (Wildman–Crippen MR) is 185 cm³/mol. The SMILES string of the molecule is C=C=CC(=O)Oc1ccc2cc(C(=O)Oc3ccc(OC(=O)c4ccc5cc(OC(=O)C=C)ccc5c4)c(-c4ccccc4)c3)ccc2c1. The molecule has 49 heavy (non-hydrogen) atoms. The van der Waals surface area contributed by atoms with Crippen molar-refractivity contribution in [2.75, 3.05) is 0 Å². The fraction of sp³-hybridized carbons (Fsp3) is 0. The average Bonchev–Trinajstić information content (AvgIpc) is 3.12. The van der Waals surface area contributed by atoms with Gasteiger partial charge in [-0.05, 0) is 93.8 Å². The molecule has 0 fully saturated rings. The lowest BCUT2D eigenvalue weighted by molar-refractivity contribution is -0.129. The first-order valence-electron chi connectivity index (χ1n) is 14.9. The maximum atomic E-state index is 13.3. The van der Waals surface area contributed by atoms with Crippen LogP contribution < -0.4 is 18.9 Å². The van der Waals surface area contributed by atoms with Crippen LogP contribution >= 0.6 is 0 Å². The van der Waals surface area contributed by atoms with Crippen molar-refractivity contribution in [2.45, 2.75) is 0 Å². The predicted octanol–water partition coefficient (Wildman–Crippen LogP) is 8.44. The van der Waals surface area contributed by atoms with Crippen LogP contribution in [-0.4, -0.2) is 23.9 Å². The monoisotopic (exact) mass is 646 g/mol. The second kappa shape index (κ2) is 14.2. The van der Waals surface area contributed by atoms with Crippen LogP contribution in [-0.2, 0) is 9.59 Å². The zero-order valence-corrected chi connectivity index (χ0v) is 25.9. The molecule has 8 heteroatoms. The highest BCUT2D eigenvalue weighted by atomic mass is 16.5. The van der Waals surface area contributed by atoms with Crippen LogP contribution in [0.4, 0.5) is 0 Å². The summed E-state index contributed by atoms with van der Waals surface area (Å²) in [6.45, 7) is 6.76. The number of fused-ring (bicyclic) bond motifs is 2. The van der Waals surface area contributed by atoms with Crippen LogP contribution in [0.5, 0.6) is 23.0 Å². The minimum atomic E-state index is -0.594. The van der Waals surface area contributed by atoms with Gasteiger partial charge >= 0.3 is 23.9 Å². The van der Waals surface area contributed by atoms with Crippen LogP contribution in [0.3, 0.4) is 0 Å². The van der Waals surface area contributed by atoms with E-state index in [1.165, 1.54) is 0 Å². The minimum Gasteiger partial charge on any atom is -0.423 e. The van der Waals surface area contributed by atoms with E-state index in [9.17, 15) is 19.2 Å². The molecule has 0 saturated heterocycles. The molecule has 6 rings (SSSR count). The molecule has 0 aliphatic carbocycles. The molecule has 0 spiro atoms. The molecule has 0 aromatic heterocycles. The van der Waals surface area contributed by atoms with Crippen molar-refractivity contribution in [3.63, 3.8) is 0 Å². The standard InChI is InChI=1S/C41H26O8/c1-3-8-39(43)47-34-18-16-27-21-31(13-11-30(27)24-34)40(44)48-35-19-20-37(36(25-35)26-9-6-5-7-10-26)49-41(45)32-14-12-29-23-33(46-38(42)4-2)17-15-28(29)22-32/h4-25H,1-2H2. The van der Waals surface area contributed by atoms with Gasteiger partial charge < -0.3 is 18.9 Å². The summed E-state index contributed by atoms with van der Waals surface area (Å²) in [5.74, 6) is -1.11. The summed E-state index contributed by atoms with van der Waals surface area (Å²) in [7, 11) is 0. The highest BCUT2D eigenvalue weighted by Gasteiger charge is 2.17. The Balaban J connectivity index is 1.22. The lowest BCUT2D eigenvalue weighted by atomic mass is 10.0. The zero-order valence-electron chi connectivity index (χ0n) is 25.9. The van der Waals surface area contributed by atoms with E-state index in [0.29, 0.717) is 28.2 Å². The van der Waals surface area contributed by atoms with Gasteiger partial charge in [0, 0.05) is 11.6 Å². The van der Waals surface area contributed by atoms with Crippen molar-refractivity contribution in [1.29, 1.82) is 0 Å². The fourth-order valence-corrected chi connectivity index (χ4v) is 5.04. The van der Waals surface area contributed by atoms with E-state index in [1.54, 1.807) is 91.0 Å². The first-order valence-corrected chi connectivity index (χ1v) is 14.9. The molecule has 0 saturated carbocycles. The van der Waals surface area contributed by atoms with Gasteiger partial charge in [-0.15, -0.1) is 5.73 Å². The Morgan fingerprint density at radius 2 is 1.04 bits per heavy atom. The maximum absolute atomic E-state index is 13.3. The van der Waals surface area contributed by atoms with Gasteiger partial charge in [0.05, 0.1) is 17.2 Å². The van der Waals surface area contributed by atoms with Crippen molar-refractivity contribution >= 4 is 45.4 Å². The van der Waals surface area contributed by atoms with Crippen molar-refractivity contribution in [3.05, 3.63) is 163 Å². The van der Waals surface area contributed by atoms with Gasteiger partial charge in [0.2, 0.25) is 0 Å². The molecule has 0 heterocycles. The zero-order chi connectivity index (χ0) is 34.3. The molecule has 0 aliphatic rings. The number of hydrogen-bond donors (Lipinski definition) is 0. The average molecular weight is 647 g/mol. The van der Waals surface area contributed by atoms with Crippen LogP contribution in [0.2, 0.25) is 0 Å². The van der Waals surface area contributed by atoms with Crippen molar-refractivity contribution in [3.8, 4) is 34.1 Å². The number of benzene rings is 6. The molecule has 0 amide bonds. The molecule has 0 unspecified atom stereocenters. The molecule has 6 aromatic carbocycles. The van der Waals surface area contributed by atoms with Gasteiger partial charge in [0.15, 0.2) is 0 Å². The molecule has 0 radical (unpaired) electrons. The lowest BCUT2D eigenvalue weighted by Gasteiger charge is -2.13. The Morgan fingerprint density at radius 1 is 0.531 bits per heavy atom. The number of carbonyl (C=O) groups excluding carboxylic acids is 4. The summed E-state index contributed by atoms with van der Waals surface area (Å²) in [5, 5.41) is 3.01. The summed E-state index contributed by atoms with van der Waals surface area (Å²) < 4.78 is 22.0. The molecule has 0 N–H and O–H groups in total. The Hall–Kier alpha value is -7.02. The third-order valence-electron chi connectivity index (χ3n) is 7.37. The Morgan fingerprint density at radius 3 is 1.63 bits per heavy atom. The van der Waals surface area contributed by atoms with Crippen LogP contribution in [0, 0.1) is 0 Å². The van der Waals surface area contributed by atoms with Gasteiger partial charge in [0.25, 0.3) is 0 Å². The molecule has 8 nitrogen and oxygen atoms in total. The van der Waals surface area contributed by atoms with Crippen molar-refractivity contribution in [1.82, 2.24) is 0 Å². The summed E-state index contributed by atoms with van der Waals surface area (Å²) in [5.41, 5.74) is 4.28. The van der Waals surface area contributed by atoms with E-state index in [1.807, 2.05) is 30.3 Å². The lowest BCUT2D eigenvalue weighted by Crippen LogP contribution is -2.10. The number of hydrogen-bond acceptors (Lipinski definition) is 8. The van der Waals surface area contributed by atoms with E-state index in [0.717, 1.165) is 39.3 Å². The summed E-state index contributed by atoms with van der Waals surface area (Å²) in [4.78, 5) is 49.8. The number of rotatable bonds is 9. The van der Waals surface area contributed by atoms with Gasteiger partial charge in [-0.25, -0.2) is 19.2 Å². The highest BCUT2D eigenvalue weighted by Crippen LogP contribution is 2.35. The molecule has 0 aliphatic heterocycles. The molecule has 0 atom stereocenters. The third kappa shape index (κ3) is 7.52. The number of ether oxygens (including phenoxy) is 4. The number of esters is 4. The quantitative estimate of drug-likeness (QED) is 0.0667. The summed E-state index contributed by atoms with van der Waals surface area (Å²) >= 11 is 0. The van der Waals surface area contributed by atoms with E-state index in [4.69, 9.17) is 18.9 Å². The fourth-order valence-electron chi connectivity index (χ4n) is 5.04. The van der Waals surface area contributed by atoms with Gasteiger partial charge in [-0.3, -0.25) is 0 Å². The topological polar surface area (TPSA) is 105 Å². The third-order valence-corrected chi connectivity index (χ3v) is 7.37. The van der Waals surface area contributed by atoms with Crippen LogP contribution in [0.25, 0.3) is 32.7 Å². The van der Waals surface area contributed by atoms with E-state index < -0.39 is 23.9 Å². The Kier molecular flexibility index (Phi) is 9.24. The van der Waals surface area contributed by atoms with E-state index >= 15 is 0 Å². The van der Waals surface area contributed by atoms with Gasteiger partial charge in [-0.2, -0.15) is 0 Å². The van der Waals surface area contributed by atoms with Crippen LogP contribution in [0.1, 0.15) is 20.7 Å². The second-order valence-corrected chi connectivity index (χ2v) is 10.6. The summed E-state index contributed by atoms with van der Waals surface area (Å²) in [6, 6.07) is 34.2. The first kappa shape index (κ1) is 31.9. The highest BCUT2D eigenvalue weighted by molar-refractivity contribution is 5.99. The second-order valence-electron chi connectivity index (χ2n) is 10.6. The largest absolute Gasteiger partial charge is 0.423 e. The van der Waals surface area contributed by atoms with E-state index in [2.05, 4.69) is 18.9 Å². The molecular formula is C41H26O8. The maximum Gasteiger partial charge on any atom is 0.343 e. The number of carbonyl (C=O) groups is 4. The Labute approximate surface area is 280 Å². The summed E-state index contributed by atoms with van der Waals surface area (Å²) in [6.07, 6.45) is 2.18.